The molecule has 4 bridgehead atoms. The predicted molar refractivity (Wildman–Crippen MR) is 82.7 cm³/mol. The minimum absolute atomic E-state index is 0.109. The minimum atomic E-state index is -0.441. The summed E-state index contributed by atoms with van der Waals surface area (Å²) in [5.41, 5.74) is 0.121. The molecule has 114 valence electrons. The topological polar surface area (TPSA) is 29.1 Å². The normalized spacial score (nSPS) is 39.0. The van der Waals surface area contributed by atoms with E-state index in [1.165, 1.54) is 44.9 Å². The molecule has 4 rings (SSSR count). The summed E-state index contributed by atoms with van der Waals surface area (Å²) in [6.07, 6.45) is 9.93. The number of alkyl halides is 1. The number of carbonyl (C=O) groups is 1. The molecule has 0 aromatic carbocycles. The van der Waals surface area contributed by atoms with Gasteiger partial charge in [-0.1, -0.05) is 0 Å². The van der Waals surface area contributed by atoms with Crippen molar-refractivity contribution in [3.05, 3.63) is 0 Å². The van der Waals surface area contributed by atoms with Gasteiger partial charge in [0.1, 0.15) is 0 Å². The third-order valence-corrected chi connectivity index (χ3v) is 6.72. The van der Waals surface area contributed by atoms with Crippen molar-refractivity contribution < 1.29 is 4.79 Å². The number of hydrogen-bond acceptors (Lipinski definition) is 1. The molecule has 20 heavy (non-hydrogen) atoms. The van der Waals surface area contributed by atoms with E-state index in [1.54, 1.807) is 0 Å². The van der Waals surface area contributed by atoms with E-state index in [0.29, 0.717) is 11.3 Å². The zero-order valence-corrected chi connectivity index (χ0v) is 13.6. The molecule has 4 aliphatic rings. The van der Waals surface area contributed by atoms with E-state index < -0.39 is 5.41 Å². The summed E-state index contributed by atoms with van der Waals surface area (Å²) in [6, 6.07) is 0. The summed E-state index contributed by atoms with van der Waals surface area (Å²) in [7, 11) is 0. The fraction of sp³-hybridized carbons (Fsp3) is 0.941. The maximum Gasteiger partial charge on any atom is 0.226 e. The molecule has 4 saturated carbocycles. The van der Waals surface area contributed by atoms with Crippen LogP contribution in [0.4, 0.5) is 0 Å². The molecule has 0 spiro atoms. The second kappa shape index (κ2) is 5.19. The van der Waals surface area contributed by atoms with Crippen LogP contribution < -0.4 is 5.32 Å². The highest BCUT2D eigenvalue weighted by molar-refractivity contribution is 6.19. The molecule has 0 unspecified atom stereocenters. The van der Waals surface area contributed by atoms with Crippen LogP contribution in [-0.4, -0.2) is 18.3 Å². The molecule has 1 amide bonds. The van der Waals surface area contributed by atoms with Gasteiger partial charge in [-0.15, -0.1) is 11.6 Å². The van der Waals surface area contributed by atoms with Crippen molar-refractivity contribution >= 4 is 17.5 Å². The maximum absolute atomic E-state index is 12.1. The van der Waals surface area contributed by atoms with E-state index in [2.05, 4.69) is 5.32 Å². The van der Waals surface area contributed by atoms with E-state index in [-0.39, 0.29) is 5.91 Å². The quantitative estimate of drug-likeness (QED) is 0.764. The largest absolute Gasteiger partial charge is 0.356 e. The summed E-state index contributed by atoms with van der Waals surface area (Å²) in [5.74, 6) is 3.48. The van der Waals surface area contributed by atoms with Gasteiger partial charge in [0.2, 0.25) is 5.91 Å². The molecule has 3 heteroatoms. The number of rotatable bonds is 5. The van der Waals surface area contributed by atoms with Crippen molar-refractivity contribution in [2.45, 2.75) is 58.8 Å². The Morgan fingerprint density at radius 1 is 1.15 bits per heavy atom. The first kappa shape index (κ1) is 14.7. The van der Waals surface area contributed by atoms with Crippen LogP contribution in [0.2, 0.25) is 0 Å². The number of carbonyl (C=O) groups excluding carboxylic acids is 1. The average molecular weight is 298 g/mol. The Bertz CT molecular complexity index is 355. The lowest BCUT2D eigenvalue weighted by Crippen LogP contribution is -2.48. The maximum atomic E-state index is 12.1. The Morgan fingerprint density at radius 3 is 2.10 bits per heavy atom. The summed E-state index contributed by atoms with van der Waals surface area (Å²) in [5, 5.41) is 3.13. The second-order valence-electron chi connectivity index (χ2n) is 8.44. The van der Waals surface area contributed by atoms with Gasteiger partial charge in [-0.3, -0.25) is 4.79 Å². The fourth-order valence-electron chi connectivity index (χ4n) is 5.34. The molecular weight excluding hydrogens is 270 g/mol. The summed E-state index contributed by atoms with van der Waals surface area (Å²) in [6.45, 7) is 4.67. The Kier molecular flexibility index (Phi) is 3.81. The van der Waals surface area contributed by atoms with Gasteiger partial charge < -0.3 is 5.32 Å². The van der Waals surface area contributed by atoms with Crippen LogP contribution in [0.15, 0.2) is 0 Å². The number of hydrogen-bond donors (Lipinski definition) is 1. The Hall–Kier alpha value is -0.240. The van der Waals surface area contributed by atoms with Crippen LogP contribution >= 0.6 is 11.6 Å². The predicted octanol–water partition coefficient (Wildman–Crippen LogP) is 3.97. The van der Waals surface area contributed by atoms with Gasteiger partial charge in [0.15, 0.2) is 0 Å². The lowest BCUT2D eigenvalue weighted by Gasteiger charge is -2.57. The smallest absolute Gasteiger partial charge is 0.226 e. The molecule has 0 radical (unpaired) electrons. The van der Waals surface area contributed by atoms with Crippen molar-refractivity contribution in [2.75, 3.05) is 12.4 Å². The van der Waals surface area contributed by atoms with Crippen molar-refractivity contribution in [3.63, 3.8) is 0 Å². The highest BCUT2D eigenvalue weighted by atomic mass is 35.5. The lowest BCUT2D eigenvalue weighted by molar-refractivity contribution is -0.128. The zero-order chi connectivity index (χ0) is 14.4. The number of nitrogens with one attached hydrogen (secondary N) is 1. The third-order valence-electron chi connectivity index (χ3n) is 6.05. The van der Waals surface area contributed by atoms with E-state index in [1.807, 2.05) is 13.8 Å². The van der Waals surface area contributed by atoms with Gasteiger partial charge in [0.25, 0.3) is 0 Å². The van der Waals surface area contributed by atoms with Crippen LogP contribution in [0.1, 0.15) is 58.8 Å². The Balaban J connectivity index is 1.53. The van der Waals surface area contributed by atoms with Gasteiger partial charge in [-0.25, -0.2) is 0 Å². The molecule has 0 aliphatic heterocycles. The first-order valence-corrected chi connectivity index (χ1v) is 8.80. The minimum Gasteiger partial charge on any atom is -0.356 e. The van der Waals surface area contributed by atoms with Crippen molar-refractivity contribution in [3.8, 4) is 0 Å². The summed E-state index contributed by atoms with van der Waals surface area (Å²) in [4.78, 5) is 12.1. The van der Waals surface area contributed by atoms with E-state index in [4.69, 9.17) is 11.6 Å². The first-order valence-electron chi connectivity index (χ1n) is 8.27. The van der Waals surface area contributed by atoms with Gasteiger partial charge >= 0.3 is 0 Å². The summed E-state index contributed by atoms with van der Waals surface area (Å²) >= 11 is 5.86. The van der Waals surface area contributed by atoms with Crippen molar-refractivity contribution in [1.29, 1.82) is 0 Å². The standard InChI is InChI=1S/C17H28ClNO/c1-16(2,11-18)15(20)19-4-3-17-8-12-5-13(9-17)7-14(6-12)10-17/h12-14H,3-11H2,1-2H3,(H,19,20). The number of amides is 1. The van der Waals surface area contributed by atoms with Crippen LogP contribution in [-0.2, 0) is 4.79 Å². The highest BCUT2D eigenvalue weighted by Gasteiger charge is 2.50. The molecule has 0 heterocycles. The molecule has 4 aliphatic carbocycles. The van der Waals surface area contributed by atoms with Crippen LogP contribution in [0.25, 0.3) is 0 Å². The fourth-order valence-corrected chi connectivity index (χ4v) is 5.46. The van der Waals surface area contributed by atoms with E-state index >= 15 is 0 Å². The van der Waals surface area contributed by atoms with Gasteiger partial charge in [0, 0.05) is 12.4 Å². The lowest BCUT2D eigenvalue weighted by atomic mass is 9.49. The first-order chi connectivity index (χ1) is 9.42. The molecule has 0 saturated heterocycles. The second-order valence-corrected chi connectivity index (χ2v) is 8.71. The Morgan fingerprint density at radius 2 is 1.65 bits per heavy atom. The zero-order valence-electron chi connectivity index (χ0n) is 12.9. The Labute approximate surface area is 128 Å². The van der Waals surface area contributed by atoms with Gasteiger partial charge in [-0.2, -0.15) is 0 Å². The van der Waals surface area contributed by atoms with Crippen molar-refractivity contribution in [2.24, 2.45) is 28.6 Å². The molecular formula is C17H28ClNO. The molecule has 2 nitrogen and oxygen atoms in total. The van der Waals surface area contributed by atoms with Gasteiger partial charge in [0.05, 0.1) is 5.41 Å². The average Bonchev–Trinajstić information content (AvgIpc) is 2.36. The van der Waals surface area contributed by atoms with Crippen molar-refractivity contribution in [1.82, 2.24) is 5.32 Å². The third kappa shape index (κ3) is 2.73. The van der Waals surface area contributed by atoms with Crippen LogP contribution in [0.3, 0.4) is 0 Å². The molecule has 0 atom stereocenters. The number of halogens is 1. The molecule has 1 N–H and O–H groups in total. The SMILES string of the molecule is CC(C)(CCl)C(=O)NCCC12CC3CC(CC(C3)C1)C2. The van der Waals surface area contributed by atoms with E-state index in [0.717, 1.165) is 24.3 Å². The monoisotopic (exact) mass is 297 g/mol. The molecule has 0 aromatic rings. The highest BCUT2D eigenvalue weighted by Crippen LogP contribution is 2.61. The van der Waals surface area contributed by atoms with Crippen LogP contribution in [0.5, 0.6) is 0 Å². The van der Waals surface area contributed by atoms with Gasteiger partial charge in [-0.05, 0) is 82.0 Å². The van der Waals surface area contributed by atoms with E-state index in [9.17, 15) is 4.79 Å². The molecule has 4 fully saturated rings. The molecule has 0 aromatic heterocycles. The summed E-state index contributed by atoms with van der Waals surface area (Å²) < 4.78 is 0. The van der Waals surface area contributed by atoms with Crippen LogP contribution in [0, 0.1) is 28.6 Å².